The van der Waals surface area contributed by atoms with Gasteiger partial charge in [0.25, 0.3) is 0 Å². The molecule has 1 aliphatic heterocycles. The maximum Gasteiger partial charge on any atom is 0.329 e. The van der Waals surface area contributed by atoms with Gasteiger partial charge in [-0.05, 0) is 29.8 Å². The van der Waals surface area contributed by atoms with Gasteiger partial charge in [-0.15, -0.1) is 0 Å². The van der Waals surface area contributed by atoms with E-state index in [9.17, 15) is 9.59 Å². The number of carbonyl (C=O) groups excluding carboxylic acids is 2. The van der Waals surface area contributed by atoms with Crippen molar-refractivity contribution in [1.29, 1.82) is 0 Å². The standard InChI is InChI=1S/C20H20Cl2N4O3/c1-29-18-5-3-2-4-17(18)25-8-10-26(11-9-25)20(28)19(27)24-23-13-14-6-7-15(21)16(22)12-14/h2-7,12-13H,8-11H2,1H3,(H,24,27)/b23-13-. The van der Waals surface area contributed by atoms with Crippen LogP contribution in [0.4, 0.5) is 5.69 Å². The van der Waals surface area contributed by atoms with E-state index in [2.05, 4.69) is 15.4 Å². The first-order chi connectivity index (χ1) is 14.0. The molecule has 9 heteroatoms. The van der Waals surface area contributed by atoms with Crippen LogP contribution in [0.1, 0.15) is 5.56 Å². The van der Waals surface area contributed by atoms with Crippen LogP contribution in [0.15, 0.2) is 47.6 Å². The minimum atomic E-state index is -0.785. The fraction of sp³-hybridized carbons (Fsp3) is 0.250. The quantitative estimate of drug-likeness (QED) is 0.456. The molecule has 152 valence electrons. The number of hydrogen-bond acceptors (Lipinski definition) is 5. The van der Waals surface area contributed by atoms with Crippen molar-refractivity contribution < 1.29 is 14.3 Å². The second kappa shape index (κ2) is 9.62. The van der Waals surface area contributed by atoms with E-state index >= 15 is 0 Å². The number of halogens is 2. The molecule has 2 aromatic rings. The van der Waals surface area contributed by atoms with Gasteiger partial charge in [0, 0.05) is 26.2 Å². The lowest BCUT2D eigenvalue weighted by Gasteiger charge is -2.36. The number of para-hydroxylation sites is 2. The third-order valence-electron chi connectivity index (χ3n) is 4.51. The van der Waals surface area contributed by atoms with Gasteiger partial charge < -0.3 is 14.5 Å². The SMILES string of the molecule is COc1ccccc1N1CCN(C(=O)C(=O)N/N=C\c2ccc(Cl)c(Cl)c2)CC1. The lowest BCUT2D eigenvalue weighted by atomic mass is 10.2. The topological polar surface area (TPSA) is 74.2 Å². The van der Waals surface area contributed by atoms with Crippen LogP contribution >= 0.6 is 23.2 Å². The van der Waals surface area contributed by atoms with Crippen LogP contribution in [0.5, 0.6) is 5.75 Å². The summed E-state index contributed by atoms with van der Waals surface area (Å²) in [5.41, 5.74) is 3.87. The van der Waals surface area contributed by atoms with Crippen LogP contribution in [0.2, 0.25) is 10.0 Å². The maximum atomic E-state index is 12.4. The Hall–Kier alpha value is -2.77. The summed E-state index contributed by atoms with van der Waals surface area (Å²) in [7, 11) is 1.63. The summed E-state index contributed by atoms with van der Waals surface area (Å²) < 4.78 is 5.39. The maximum absolute atomic E-state index is 12.4. The molecule has 2 amide bonds. The van der Waals surface area contributed by atoms with E-state index in [1.807, 2.05) is 24.3 Å². The number of rotatable bonds is 4. The number of nitrogens with one attached hydrogen (secondary N) is 1. The van der Waals surface area contributed by atoms with E-state index in [-0.39, 0.29) is 0 Å². The number of methoxy groups -OCH3 is 1. The third kappa shape index (κ3) is 5.19. The fourth-order valence-electron chi connectivity index (χ4n) is 2.99. The molecule has 3 rings (SSSR count). The van der Waals surface area contributed by atoms with Crippen LogP contribution < -0.4 is 15.1 Å². The highest BCUT2D eigenvalue weighted by molar-refractivity contribution is 6.42. The summed E-state index contributed by atoms with van der Waals surface area (Å²) in [6, 6.07) is 12.6. The van der Waals surface area contributed by atoms with Crippen molar-refractivity contribution in [1.82, 2.24) is 10.3 Å². The van der Waals surface area contributed by atoms with Crippen molar-refractivity contribution in [2.45, 2.75) is 0 Å². The Kier molecular flexibility index (Phi) is 6.95. The Bertz CT molecular complexity index is 928. The van der Waals surface area contributed by atoms with E-state index in [0.717, 1.165) is 11.4 Å². The zero-order valence-electron chi connectivity index (χ0n) is 15.8. The Balaban J connectivity index is 1.52. The summed E-state index contributed by atoms with van der Waals surface area (Å²) in [4.78, 5) is 28.1. The smallest absolute Gasteiger partial charge is 0.329 e. The molecule has 0 radical (unpaired) electrons. The van der Waals surface area contributed by atoms with Gasteiger partial charge in [-0.3, -0.25) is 9.59 Å². The highest BCUT2D eigenvalue weighted by Crippen LogP contribution is 2.28. The van der Waals surface area contributed by atoms with Gasteiger partial charge >= 0.3 is 11.8 Å². The summed E-state index contributed by atoms with van der Waals surface area (Å²) in [6.45, 7) is 2.07. The van der Waals surface area contributed by atoms with E-state index in [1.54, 1.807) is 25.3 Å². The molecule has 0 aromatic heterocycles. The second-order valence-corrected chi connectivity index (χ2v) is 7.14. The second-order valence-electron chi connectivity index (χ2n) is 6.32. The Labute approximate surface area is 178 Å². The molecule has 1 aliphatic rings. The highest BCUT2D eigenvalue weighted by atomic mass is 35.5. The Morgan fingerprint density at radius 2 is 1.79 bits per heavy atom. The normalized spacial score (nSPS) is 14.2. The summed E-state index contributed by atoms with van der Waals surface area (Å²) in [5.74, 6) is -0.621. The zero-order valence-corrected chi connectivity index (χ0v) is 17.3. The number of benzene rings is 2. The molecule has 0 aliphatic carbocycles. The van der Waals surface area contributed by atoms with Crippen LogP contribution in [0.25, 0.3) is 0 Å². The molecule has 7 nitrogen and oxygen atoms in total. The lowest BCUT2D eigenvalue weighted by molar-refractivity contribution is -0.146. The molecule has 29 heavy (non-hydrogen) atoms. The van der Waals surface area contributed by atoms with Crippen molar-refractivity contribution in [3.63, 3.8) is 0 Å². The average molecular weight is 435 g/mol. The first-order valence-electron chi connectivity index (χ1n) is 8.95. The van der Waals surface area contributed by atoms with Crippen LogP contribution in [-0.4, -0.2) is 56.2 Å². The number of carbonyl (C=O) groups is 2. The van der Waals surface area contributed by atoms with Gasteiger partial charge in [0.2, 0.25) is 0 Å². The average Bonchev–Trinajstić information content (AvgIpc) is 2.75. The van der Waals surface area contributed by atoms with E-state index in [4.69, 9.17) is 27.9 Å². The molecule has 1 heterocycles. The molecule has 1 N–H and O–H groups in total. The van der Waals surface area contributed by atoms with E-state index in [0.29, 0.717) is 41.8 Å². The van der Waals surface area contributed by atoms with Gasteiger partial charge in [0.1, 0.15) is 5.75 Å². The molecular formula is C20H20Cl2N4O3. The van der Waals surface area contributed by atoms with Crippen molar-refractivity contribution in [3.8, 4) is 5.75 Å². The van der Waals surface area contributed by atoms with E-state index in [1.165, 1.54) is 11.1 Å². The number of amides is 2. The predicted octanol–water partition coefficient (Wildman–Crippen LogP) is 2.80. The van der Waals surface area contributed by atoms with Gasteiger partial charge in [-0.1, -0.05) is 41.4 Å². The zero-order chi connectivity index (χ0) is 20.8. The van der Waals surface area contributed by atoms with Crippen molar-refractivity contribution in [2.24, 2.45) is 5.10 Å². The predicted molar refractivity (Wildman–Crippen MR) is 114 cm³/mol. The molecule has 0 saturated carbocycles. The molecule has 2 aromatic carbocycles. The highest BCUT2D eigenvalue weighted by Gasteiger charge is 2.26. The van der Waals surface area contributed by atoms with Crippen molar-refractivity contribution in [2.75, 3.05) is 38.2 Å². The first-order valence-corrected chi connectivity index (χ1v) is 9.70. The van der Waals surface area contributed by atoms with Gasteiger partial charge in [-0.2, -0.15) is 5.10 Å². The Morgan fingerprint density at radius 1 is 1.07 bits per heavy atom. The van der Waals surface area contributed by atoms with Crippen molar-refractivity contribution in [3.05, 3.63) is 58.1 Å². The van der Waals surface area contributed by atoms with Gasteiger partial charge in [0.15, 0.2) is 0 Å². The minimum absolute atomic E-state index is 0.380. The molecule has 0 spiro atoms. The molecule has 0 unspecified atom stereocenters. The van der Waals surface area contributed by atoms with Crippen LogP contribution in [-0.2, 0) is 9.59 Å². The fourth-order valence-corrected chi connectivity index (χ4v) is 3.30. The summed E-state index contributed by atoms with van der Waals surface area (Å²) in [6.07, 6.45) is 1.40. The third-order valence-corrected chi connectivity index (χ3v) is 5.25. The largest absolute Gasteiger partial charge is 0.495 e. The minimum Gasteiger partial charge on any atom is -0.495 e. The number of piperazine rings is 1. The summed E-state index contributed by atoms with van der Waals surface area (Å²) in [5, 5.41) is 4.62. The first kappa shape index (κ1) is 21.0. The molecule has 0 bridgehead atoms. The van der Waals surface area contributed by atoms with E-state index < -0.39 is 11.8 Å². The molecule has 0 atom stereocenters. The van der Waals surface area contributed by atoms with Crippen LogP contribution in [0.3, 0.4) is 0 Å². The number of hydrazone groups is 1. The number of hydrogen-bond donors (Lipinski definition) is 1. The van der Waals surface area contributed by atoms with Crippen molar-refractivity contribution >= 4 is 46.9 Å². The monoisotopic (exact) mass is 434 g/mol. The summed E-state index contributed by atoms with van der Waals surface area (Å²) >= 11 is 11.8. The van der Waals surface area contributed by atoms with Gasteiger partial charge in [0.05, 0.1) is 29.1 Å². The van der Waals surface area contributed by atoms with Crippen LogP contribution in [0, 0.1) is 0 Å². The Morgan fingerprint density at radius 3 is 2.48 bits per heavy atom. The lowest BCUT2D eigenvalue weighted by Crippen LogP contribution is -2.52. The number of ether oxygens (including phenoxy) is 1. The molecular weight excluding hydrogens is 415 g/mol. The van der Waals surface area contributed by atoms with Gasteiger partial charge in [-0.25, -0.2) is 5.43 Å². The number of nitrogens with zero attached hydrogens (tertiary/aromatic N) is 3. The number of anilines is 1. The molecule has 1 saturated heterocycles. The molecule has 1 fully saturated rings.